The SMILES string of the molecule is O=C(O)c1ccc(C(=O)NC2CCCNC2=O)cc1. The molecule has 1 atom stereocenters. The summed E-state index contributed by atoms with van der Waals surface area (Å²) in [5.74, 6) is -1.60. The number of nitrogens with one attached hydrogen (secondary N) is 2. The third-order valence-corrected chi connectivity index (χ3v) is 2.98. The Balaban J connectivity index is 2.03. The van der Waals surface area contributed by atoms with Gasteiger partial charge in [-0.25, -0.2) is 4.79 Å². The number of carbonyl (C=O) groups excluding carboxylic acids is 2. The van der Waals surface area contributed by atoms with E-state index in [9.17, 15) is 14.4 Å². The van der Waals surface area contributed by atoms with E-state index in [0.717, 1.165) is 6.42 Å². The Bertz CT molecular complexity index is 510. The minimum Gasteiger partial charge on any atom is -0.478 e. The van der Waals surface area contributed by atoms with Crippen LogP contribution in [0.2, 0.25) is 0 Å². The van der Waals surface area contributed by atoms with Crippen LogP contribution in [0.15, 0.2) is 24.3 Å². The van der Waals surface area contributed by atoms with Gasteiger partial charge in [0.15, 0.2) is 0 Å². The van der Waals surface area contributed by atoms with Crippen molar-refractivity contribution in [1.29, 1.82) is 0 Å². The van der Waals surface area contributed by atoms with Crippen LogP contribution in [0.3, 0.4) is 0 Å². The maximum Gasteiger partial charge on any atom is 0.335 e. The molecule has 0 spiro atoms. The Kier molecular flexibility index (Phi) is 3.79. The second-order valence-corrected chi connectivity index (χ2v) is 4.34. The first kappa shape index (κ1) is 13.1. The fraction of sp³-hybridized carbons (Fsp3) is 0.308. The van der Waals surface area contributed by atoms with Gasteiger partial charge in [-0.1, -0.05) is 0 Å². The Morgan fingerprint density at radius 2 is 1.84 bits per heavy atom. The molecule has 0 saturated carbocycles. The quantitative estimate of drug-likeness (QED) is 0.734. The molecule has 1 aliphatic heterocycles. The maximum atomic E-state index is 11.9. The summed E-state index contributed by atoms with van der Waals surface area (Å²) >= 11 is 0. The van der Waals surface area contributed by atoms with E-state index < -0.39 is 12.0 Å². The summed E-state index contributed by atoms with van der Waals surface area (Å²) in [6, 6.07) is 5.07. The number of rotatable bonds is 3. The van der Waals surface area contributed by atoms with Gasteiger partial charge in [-0.05, 0) is 37.1 Å². The lowest BCUT2D eigenvalue weighted by Crippen LogP contribution is -2.50. The molecule has 3 N–H and O–H groups in total. The third-order valence-electron chi connectivity index (χ3n) is 2.98. The minimum absolute atomic E-state index is 0.118. The van der Waals surface area contributed by atoms with E-state index >= 15 is 0 Å². The number of benzene rings is 1. The molecule has 0 aliphatic carbocycles. The first-order valence-electron chi connectivity index (χ1n) is 6.00. The van der Waals surface area contributed by atoms with E-state index in [1.165, 1.54) is 24.3 Å². The van der Waals surface area contributed by atoms with Crippen molar-refractivity contribution in [2.75, 3.05) is 6.54 Å². The average molecular weight is 262 g/mol. The van der Waals surface area contributed by atoms with E-state index in [1.54, 1.807) is 0 Å². The van der Waals surface area contributed by atoms with Crippen LogP contribution in [0.5, 0.6) is 0 Å². The van der Waals surface area contributed by atoms with Crippen LogP contribution in [0.4, 0.5) is 0 Å². The molecular formula is C13H14N2O4. The summed E-state index contributed by atoms with van der Waals surface area (Å²) < 4.78 is 0. The van der Waals surface area contributed by atoms with Gasteiger partial charge in [0.05, 0.1) is 5.56 Å². The van der Waals surface area contributed by atoms with Gasteiger partial charge in [0, 0.05) is 12.1 Å². The average Bonchev–Trinajstić information content (AvgIpc) is 2.41. The number of carboxylic acids is 1. The van der Waals surface area contributed by atoms with Gasteiger partial charge in [-0.2, -0.15) is 0 Å². The molecule has 1 aromatic carbocycles. The highest BCUT2D eigenvalue weighted by Gasteiger charge is 2.23. The maximum absolute atomic E-state index is 11.9. The van der Waals surface area contributed by atoms with Gasteiger partial charge in [0.1, 0.15) is 6.04 Å². The van der Waals surface area contributed by atoms with Gasteiger partial charge in [-0.3, -0.25) is 9.59 Å². The molecule has 0 bridgehead atoms. The summed E-state index contributed by atoms with van der Waals surface area (Å²) in [5.41, 5.74) is 0.454. The highest BCUT2D eigenvalue weighted by molar-refractivity contribution is 5.98. The molecule has 6 heteroatoms. The van der Waals surface area contributed by atoms with Gasteiger partial charge >= 0.3 is 5.97 Å². The van der Waals surface area contributed by atoms with Crippen LogP contribution in [0, 0.1) is 0 Å². The lowest BCUT2D eigenvalue weighted by molar-refractivity contribution is -0.124. The molecule has 0 radical (unpaired) electrons. The molecule has 1 fully saturated rings. The molecule has 1 saturated heterocycles. The zero-order chi connectivity index (χ0) is 13.8. The first-order chi connectivity index (χ1) is 9.08. The largest absolute Gasteiger partial charge is 0.478 e. The summed E-state index contributed by atoms with van der Waals surface area (Å²) in [6.45, 7) is 0.637. The molecule has 1 aromatic rings. The number of carbonyl (C=O) groups is 3. The van der Waals surface area contributed by atoms with Crippen molar-refractivity contribution < 1.29 is 19.5 Å². The highest BCUT2D eigenvalue weighted by atomic mass is 16.4. The smallest absolute Gasteiger partial charge is 0.335 e. The minimum atomic E-state index is -1.04. The van der Waals surface area contributed by atoms with E-state index in [2.05, 4.69) is 10.6 Å². The fourth-order valence-electron chi connectivity index (χ4n) is 1.92. The van der Waals surface area contributed by atoms with Crippen LogP contribution in [-0.2, 0) is 4.79 Å². The summed E-state index contributed by atoms with van der Waals surface area (Å²) in [6.07, 6.45) is 1.44. The fourth-order valence-corrected chi connectivity index (χ4v) is 1.92. The predicted octanol–water partition coefficient (Wildman–Crippen LogP) is 0.393. The molecule has 2 amide bonds. The molecule has 2 rings (SSSR count). The molecule has 1 aliphatic rings. The summed E-state index contributed by atoms with van der Waals surface area (Å²) in [7, 11) is 0. The zero-order valence-electron chi connectivity index (χ0n) is 10.2. The van der Waals surface area contributed by atoms with Crippen LogP contribution in [0.1, 0.15) is 33.6 Å². The van der Waals surface area contributed by atoms with Crippen LogP contribution in [-0.4, -0.2) is 35.5 Å². The van der Waals surface area contributed by atoms with Crippen molar-refractivity contribution in [3.8, 4) is 0 Å². The highest BCUT2D eigenvalue weighted by Crippen LogP contribution is 2.07. The van der Waals surface area contributed by atoms with Gasteiger partial charge in [0.2, 0.25) is 5.91 Å². The van der Waals surface area contributed by atoms with Crippen molar-refractivity contribution in [2.24, 2.45) is 0 Å². The molecule has 6 nitrogen and oxygen atoms in total. The Morgan fingerprint density at radius 3 is 2.42 bits per heavy atom. The second kappa shape index (κ2) is 5.51. The van der Waals surface area contributed by atoms with Crippen LogP contribution < -0.4 is 10.6 Å². The van der Waals surface area contributed by atoms with Crippen LogP contribution in [0.25, 0.3) is 0 Å². The standard InChI is InChI=1S/C13H14N2O4/c16-11(15-10-2-1-7-14-12(10)17)8-3-5-9(6-4-8)13(18)19/h3-6,10H,1-2,7H2,(H,14,17)(H,15,16)(H,18,19). The molecule has 19 heavy (non-hydrogen) atoms. The second-order valence-electron chi connectivity index (χ2n) is 4.34. The molecule has 100 valence electrons. The van der Waals surface area contributed by atoms with Crippen molar-refractivity contribution in [3.05, 3.63) is 35.4 Å². The normalized spacial score (nSPS) is 18.5. The number of hydrogen-bond donors (Lipinski definition) is 3. The monoisotopic (exact) mass is 262 g/mol. The lowest BCUT2D eigenvalue weighted by atomic mass is 10.1. The van der Waals surface area contributed by atoms with E-state index in [-0.39, 0.29) is 17.4 Å². The van der Waals surface area contributed by atoms with Crippen molar-refractivity contribution in [1.82, 2.24) is 10.6 Å². The zero-order valence-corrected chi connectivity index (χ0v) is 10.2. The van der Waals surface area contributed by atoms with Gasteiger partial charge in [-0.15, -0.1) is 0 Å². The van der Waals surface area contributed by atoms with Crippen molar-refractivity contribution >= 4 is 17.8 Å². The number of amides is 2. The molecular weight excluding hydrogens is 248 g/mol. The Labute approximate surface area is 109 Å². The van der Waals surface area contributed by atoms with Crippen molar-refractivity contribution in [3.63, 3.8) is 0 Å². The van der Waals surface area contributed by atoms with Crippen molar-refractivity contribution in [2.45, 2.75) is 18.9 Å². The van der Waals surface area contributed by atoms with Gasteiger partial charge in [0.25, 0.3) is 5.91 Å². The van der Waals surface area contributed by atoms with E-state index in [4.69, 9.17) is 5.11 Å². The molecule has 1 unspecified atom stereocenters. The van der Waals surface area contributed by atoms with E-state index in [1.807, 2.05) is 0 Å². The number of carboxylic acid groups (broad SMARTS) is 1. The Hall–Kier alpha value is -2.37. The number of aromatic carboxylic acids is 1. The topological polar surface area (TPSA) is 95.5 Å². The van der Waals surface area contributed by atoms with Gasteiger partial charge < -0.3 is 15.7 Å². The number of hydrogen-bond acceptors (Lipinski definition) is 3. The summed E-state index contributed by atoms with van der Waals surface area (Å²) in [5, 5.41) is 14.1. The van der Waals surface area contributed by atoms with E-state index in [0.29, 0.717) is 18.5 Å². The Morgan fingerprint density at radius 1 is 1.21 bits per heavy atom. The molecule has 1 heterocycles. The predicted molar refractivity (Wildman–Crippen MR) is 66.9 cm³/mol. The van der Waals surface area contributed by atoms with Crippen LogP contribution >= 0.6 is 0 Å². The molecule has 0 aromatic heterocycles. The summed E-state index contributed by atoms with van der Waals surface area (Å²) in [4.78, 5) is 34.1. The number of piperidine rings is 1. The lowest BCUT2D eigenvalue weighted by Gasteiger charge is -2.22. The third kappa shape index (κ3) is 3.09. The first-order valence-corrected chi connectivity index (χ1v) is 6.00.